The van der Waals surface area contributed by atoms with Gasteiger partial charge >= 0.3 is 5.97 Å². The molecule has 1 atom stereocenters. The Hall–Kier alpha value is -0.650. The van der Waals surface area contributed by atoms with Gasteiger partial charge in [0.1, 0.15) is 6.04 Å². The first-order valence-electron chi connectivity index (χ1n) is 5.57. The molecule has 15 heavy (non-hydrogen) atoms. The molecule has 0 bridgehead atoms. The number of hydrogen-bond donors (Lipinski definition) is 4. The van der Waals surface area contributed by atoms with Gasteiger partial charge in [-0.25, -0.2) is 0 Å². The van der Waals surface area contributed by atoms with Crippen molar-refractivity contribution < 1.29 is 9.90 Å². The predicted octanol–water partition coefficient (Wildman–Crippen LogP) is -0.103. The second-order valence-corrected chi connectivity index (χ2v) is 3.69. The lowest BCUT2D eigenvalue weighted by atomic mass is 10.1. The van der Waals surface area contributed by atoms with E-state index in [2.05, 4.69) is 5.32 Å². The molecule has 1 unspecified atom stereocenters. The predicted molar refractivity (Wildman–Crippen MR) is 60.6 cm³/mol. The van der Waals surface area contributed by atoms with Crippen LogP contribution in [0.25, 0.3) is 0 Å². The van der Waals surface area contributed by atoms with Gasteiger partial charge in [-0.2, -0.15) is 0 Å². The number of rotatable bonds is 10. The summed E-state index contributed by atoms with van der Waals surface area (Å²) in [4.78, 5) is 10.4. The van der Waals surface area contributed by atoms with E-state index in [0.717, 1.165) is 45.3 Å². The number of nitrogens with two attached hydrogens (primary N) is 2. The SMILES string of the molecule is NCCCCCNCCCC(N)C(=O)O. The molecule has 0 aromatic carbocycles. The molecular formula is C10H23N3O2. The first kappa shape index (κ1) is 14.3. The fraction of sp³-hybridized carbons (Fsp3) is 0.900. The number of nitrogens with one attached hydrogen (secondary N) is 1. The highest BCUT2D eigenvalue weighted by molar-refractivity contribution is 5.72. The van der Waals surface area contributed by atoms with Gasteiger partial charge in [0.25, 0.3) is 0 Å². The Morgan fingerprint density at radius 3 is 2.47 bits per heavy atom. The molecule has 0 aromatic heterocycles. The molecule has 90 valence electrons. The van der Waals surface area contributed by atoms with E-state index in [9.17, 15) is 4.79 Å². The fourth-order valence-corrected chi connectivity index (χ4v) is 1.27. The summed E-state index contributed by atoms with van der Waals surface area (Å²) >= 11 is 0. The summed E-state index contributed by atoms with van der Waals surface area (Å²) in [7, 11) is 0. The van der Waals surface area contributed by atoms with Crippen LogP contribution in [-0.2, 0) is 4.79 Å². The summed E-state index contributed by atoms with van der Waals surface area (Å²) in [5.74, 6) is -0.919. The van der Waals surface area contributed by atoms with Crippen molar-refractivity contribution in [3.8, 4) is 0 Å². The van der Waals surface area contributed by atoms with Gasteiger partial charge in [-0.3, -0.25) is 4.79 Å². The highest BCUT2D eigenvalue weighted by atomic mass is 16.4. The monoisotopic (exact) mass is 217 g/mol. The first-order valence-corrected chi connectivity index (χ1v) is 5.57. The second-order valence-electron chi connectivity index (χ2n) is 3.69. The molecule has 0 aliphatic rings. The lowest BCUT2D eigenvalue weighted by Gasteiger charge is -2.07. The van der Waals surface area contributed by atoms with E-state index < -0.39 is 12.0 Å². The van der Waals surface area contributed by atoms with E-state index in [0.29, 0.717) is 6.42 Å². The quantitative estimate of drug-likeness (QED) is 0.383. The third kappa shape index (κ3) is 9.65. The molecule has 0 aromatic rings. The lowest BCUT2D eigenvalue weighted by Crippen LogP contribution is -2.31. The van der Waals surface area contributed by atoms with Crippen molar-refractivity contribution in [2.75, 3.05) is 19.6 Å². The number of carboxylic acids is 1. The maximum absolute atomic E-state index is 10.4. The number of hydrogen-bond acceptors (Lipinski definition) is 4. The van der Waals surface area contributed by atoms with Crippen LogP contribution < -0.4 is 16.8 Å². The van der Waals surface area contributed by atoms with Crippen molar-refractivity contribution >= 4 is 5.97 Å². The Balaban J connectivity index is 3.08. The summed E-state index contributed by atoms with van der Waals surface area (Å²) in [6.45, 7) is 2.57. The fourth-order valence-electron chi connectivity index (χ4n) is 1.27. The minimum Gasteiger partial charge on any atom is -0.480 e. The van der Waals surface area contributed by atoms with Gasteiger partial charge in [-0.1, -0.05) is 6.42 Å². The van der Waals surface area contributed by atoms with E-state index in [-0.39, 0.29) is 0 Å². The molecule has 0 spiro atoms. The van der Waals surface area contributed by atoms with Crippen LogP contribution in [0.15, 0.2) is 0 Å². The van der Waals surface area contributed by atoms with Crippen LogP contribution in [0.5, 0.6) is 0 Å². The molecule has 0 amide bonds. The second kappa shape index (κ2) is 9.89. The van der Waals surface area contributed by atoms with Gasteiger partial charge in [0.15, 0.2) is 0 Å². The number of carbonyl (C=O) groups is 1. The van der Waals surface area contributed by atoms with Crippen LogP contribution in [0.1, 0.15) is 32.1 Å². The highest BCUT2D eigenvalue weighted by Crippen LogP contribution is 1.94. The zero-order valence-electron chi connectivity index (χ0n) is 9.24. The Bertz CT molecular complexity index is 165. The number of carboxylic acid groups (broad SMARTS) is 1. The van der Waals surface area contributed by atoms with Gasteiger partial charge < -0.3 is 21.9 Å². The van der Waals surface area contributed by atoms with Gasteiger partial charge in [0, 0.05) is 0 Å². The van der Waals surface area contributed by atoms with E-state index in [1.165, 1.54) is 0 Å². The van der Waals surface area contributed by atoms with Gasteiger partial charge in [0.2, 0.25) is 0 Å². The Morgan fingerprint density at radius 2 is 1.87 bits per heavy atom. The van der Waals surface area contributed by atoms with Crippen molar-refractivity contribution in [2.45, 2.75) is 38.1 Å². The molecule has 0 saturated carbocycles. The molecule has 0 aliphatic heterocycles. The molecule has 5 heteroatoms. The van der Waals surface area contributed by atoms with Crippen molar-refractivity contribution in [1.29, 1.82) is 0 Å². The van der Waals surface area contributed by atoms with Crippen molar-refractivity contribution in [1.82, 2.24) is 5.32 Å². The molecule has 6 N–H and O–H groups in total. The van der Waals surface area contributed by atoms with Gasteiger partial charge in [-0.15, -0.1) is 0 Å². The highest BCUT2D eigenvalue weighted by Gasteiger charge is 2.09. The molecule has 0 aliphatic carbocycles. The Morgan fingerprint density at radius 1 is 1.20 bits per heavy atom. The smallest absolute Gasteiger partial charge is 0.320 e. The third-order valence-electron chi connectivity index (χ3n) is 2.24. The topological polar surface area (TPSA) is 101 Å². The summed E-state index contributed by atoms with van der Waals surface area (Å²) < 4.78 is 0. The summed E-state index contributed by atoms with van der Waals surface area (Å²) in [5, 5.41) is 11.8. The standard InChI is InChI=1S/C10H23N3O2/c11-6-2-1-3-7-13-8-4-5-9(12)10(14)15/h9,13H,1-8,11-12H2,(H,14,15). The Labute approximate surface area is 91.2 Å². The maximum atomic E-state index is 10.4. The van der Waals surface area contributed by atoms with Crippen LogP contribution >= 0.6 is 0 Å². The zero-order chi connectivity index (χ0) is 11.5. The summed E-state index contributed by atoms with van der Waals surface area (Å²) in [6, 6.07) is -0.718. The first-order chi connectivity index (χ1) is 7.18. The summed E-state index contributed by atoms with van der Waals surface area (Å²) in [6.07, 6.45) is 4.70. The number of aliphatic carboxylic acids is 1. The molecule has 0 radical (unpaired) electrons. The van der Waals surface area contributed by atoms with Crippen LogP contribution in [0.2, 0.25) is 0 Å². The van der Waals surface area contributed by atoms with Crippen LogP contribution in [-0.4, -0.2) is 36.8 Å². The summed E-state index contributed by atoms with van der Waals surface area (Å²) in [5.41, 5.74) is 10.7. The molecule has 5 nitrogen and oxygen atoms in total. The van der Waals surface area contributed by atoms with Crippen molar-refractivity contribution in [3.05, 3.63) is 0 Å². The maximum Gasteiger partial charge on any atom is 0.320 e. The molecule has 0 rings (SSSR count). The average Bonchev–Trinajstić information content (AvgIpc) is 2.21. The normalized spacial score (nSPS) is 12.7. The van der Waals surface area contributed by atoms with Crippen LogP contribution in [0.4, 0.5) is 0 Å². The molecular weight excluding hydrogens is 194 g/mol. The molecule has 0 saturated heterocycles. The van der Waals surface area contributed by atoms with Crippen molar-refractivity contribution in [3.63, 3.8) is 0 Å². The minimum absolute atomic E-state index is 0.533. The number of unbranched alkanes of at least 4 members (excludes halogenated alkanes) is 2. The van der Waals surface area contributed by atoms with E-state index >= 15 is 0 Å². The van der Waals surface area contributed by atoms with E-state index in [1.54, 1.807) is 0 Å². The lowest BCUT2D eigenvalue weighted by molar-refractivity contribution is -0.138. The van der Waals surface area contributed by atoms with E-state index in [1.807, 2.05) is 0 Å². The van der Waals surface area contributed by atoms with E-state index in [4.69, 9.17) is 16.6 Å². The average molecular weight is 217 g/mol. The molecule has 0 heterocycles. The minimum atomic E-state index is -0.919. The van der Waals surface area contributed by atoms with Gasteiger partial charge in [0.05, 0.1) is 0 Å². The zero-order valence-corrected chi connectivity index (χ0v) is 9.24. The van der Waals surface area contributed by atoms with Crippen LogP contribution in [0.3, 0.4) is 0 Å². The Kier molecular flexibility index (Phi) is 9.46. The van der Waals surface area contributed by atoms with Gasteiger partial charge in [-0.05, 0) is 45.3 Å². The molecule has 0 fully saturated rings. The third-order valence-corrected chi connectivity index (χ3v) is 2.24. The van der Waals surface area contributed by atoms with Crippen LogP contribution in [0, 0.1) is 0 Å². The van der Waals surface area contributed by atoms with Crippen molar-refractivity contribution in [2.24, 2.45) is 11.5 Å². The largest absolute Gasteiger partial charge is 0.480 e.